The Morgan fingerprint density at radius 1 is 1.16 bits per heavy atom. The van der Waals surface area contributed by atoms with Gasteiger partial charge in [0.1, 0.15) is 5.75 Å². The molecule has 0 aliphatic heterocycles. The SMILES string of the molecule is C=Cc1cccc(C(=O)NN(C(=O)c2cc(OC)ccc2C)C(CCC)C(C)(C)C)c1C. The molecule has 0 bridgehead atoms. The van der Waals surface area contributed by atoms with Crippen molar-refractivity contribution in [1.82, 2.24) is 10.4 Å². The van der Waals surface area contributed by atoms with E-state index in [1.165, 1.54) is 5.01 Å². The molecule has 2 amide bonds. The number of benzene rings is 2. The average molecular weight is 437 g/mol. The van der Waals surface area contributed by atoms with Crippen LogP contribution < -0.4 is 10.2 Å². The molecule has 0 saturated carbocycles. The molecule has 0 aromatic heterocycles. The molecule has 0 heterocycles. The Bertz CT molecular complexity index is 989. The second kappa shape index (κ2) is 10.5. The van der Waals surface area contributed by atoms with E-state index in [9.17, 15) is 9.59 Å². The van der Waals surface area contributed by atoms with Crippen molar-refractivity contribution in [3.63, 3.8) is 0 Å². The van der Waals surface area contributed by atoms with Crippen molar-refractivity contribution in [3.05, 3.63) is 70.8 Å². The molecule has 32 heavy (non-hydrogen) atoms. The van der Waals surface area contributed by atoms with Crippen molar-refractivity contribution in [2.45, 2.75) is 60.4 Å². The van der Waals surface area contributed by atoms with Crippen molar-refractivity contribution in [1.29, 1.82) is 0 Å². The highest BCUT2D eigenvalue weighted by Gasteiger charge is 2.35. The summed E-state index contributed by atoms with van der Waals surface area (Å²) in [5, 5.41) is 1.52. The van der Waals surface area contributed by atoms with Gasteiger partial charge in [-0.2, -0.15) is 0 Å². The molecule has 172 valence electrons. The van der Waals surface area contributed by atoms with Gasteiger partial charge in [0.25, 0.3) is 11.8 Å². The molecule has 2 aromatic rings. The first-order valence-corrected chi connectivity index (χ1v) is 11.1. The van der Waals surface area contributed by atoms with E-state index in [1.54, 1.807) is 25.3 Å². The fourth-order valence-electron chi connectivity index (χ4n) is 3.87. The van der Waals surface area contributed by atoms with Gasteiger partial charge < -0.3 is 4.74 Å². The third kappa shape index (κ3) is 5.58. The summed E-state index contributed by atoms with van der Waals surface area (Å²) >= 11 is 0. The van der Waals surface area contributed by atoms with Crippen LogP contribution in [0.4, 0.5) is 0 Å². The van der Waals surface area contributed by atoms with Crippen molar-refractivity contribution in [2.24, 2.45) is 5.41 Å². The van der Waals surface area contributed by atoms with Crippen LogP contribution in [0.15, 0.2) is 43.0 Å². The summed E-state index contributed by atoms with van der Waals surface area (Å²) in [4.78, 5) is 27.2. The lowest BCUT2D eigenvalue weighted by Gasteiger charge is -2.40. The minimum atomic E-state index is -0.314. The Morgan fingerprint density at radius 3 is 2.41 bits per heavy atom. The fourth-order valence-corrected chi connectivity index (χ4v) is 3.87. The molecule has 0 fully saturated rings. The summed E-state index contributed by atoms with van der Waals surface area (Å²) in [6.07, 6.45) is 3.36. The molecule has 2 aromatic carbocycles. The molecule has 2 rings (SSSR count). The minimum absolute atomic E-state index is 0.197. The van der Waals surface area contributed by atoms with E-state index in [1.807, 2.05) is 38.1 Å². The van der Waals surface area contributed by atoms with Gasteiger partial charge in [0.05, 0.1) is 13.2 Å². The Kier molecular flexibility index (Phi) is 8.25. The van der Waals surface area contributed by atoms with E-state index in [-0.39, 0.29) is 23.3 Å². The number of aryl methyl sites for hydroxylation is 1. The fraction of sp³-hybridized carbons (Fsp3) is 0.407. The highest BCUT2D eigenvalue weighted by molar-refractivity contribution is 6.01. The predicted molar refractivity (Wildman–Crippen MR) is 131 cm³/mol. The zero-order valence-corrected chi connectivity index (χ0v) is 20.4. The Morgan fingerprint density at radius 2 is 1.84 bits per heavy atom. The van der Waals surface area contributed by atoms with Crippen molar-refractivity contribution >= 4 is 17.9 Å². The van der Waals surface area contributed by atoms with E-state index in [0.29, 0.717) is 16.9 Å². The maximum atomic E-state index is 13.8. The molecule has 0 spiro atoms. The number of carbonyl (C=O) groups excluding carboxylic acids is 2. The summed E-state index contributed by atoms with van der Waals surface area (Å²) < 4.78 is 5.34. The summed E-state index contributed by atoms with van der Waals surface area (Å²) in [7, 11) is 1.57. The monoisotopic (exact) mass is 436 g/mol. The molecule has 0 aliphatic carbocycles. The van der Waals surface area contributed by atoms with Crippen LogP contribution in [0, 0.1) is 19.3 Å². The highest BCUT2D eigenvalue weighted by Crippen LogP contribution is 2.30. The second-order valence-electron chi connectivity index (χ2n) is 9.19. The number of rotatable bonds is 7. The molecule has 5 heteroatoms. The smallest absolute Gasteiger partial charge is 0.272 e. The van der Waals surface area contributed by atoms with Crippen LogP contribution in [0.2, 0.25) is 0 Å². The van der Waals surface area contributed by atoms with Crippen molar-refractivity contribution in [2.75, 3.05) is 7.11 Å². The van der Waals surface area contributed by atoms with Gasteiger partial charge in [-0.3, -0.25) is 15.0 Å². The number of carbonyl (C=O) groups is 2. The van der Waals surface area contributed by atoms with Crippen LogP contribution in [0.1, 0.15) is 77.9 Å². The summed E-state index contributed by atoms with van der Waals surface area (Å²) in [5.74, 6) is 0.0358. The van der Waals surface area contributed by atoms with E-state index in [0.717, 1.165) is 29.5 Å². The third-order valence-electron chi connectivity index (χ3n) is 5.83. The summed E-state index contributed by atoms with van der Waals surface area (Å²) in [6.45, 7) is 15.9. The van der Waals surface area contributed by atoms with E-state index in [2.05, 4.69) is 39.7 Å². The normalized spacial score (nSPS) is 12.1. The maximum Gasteiger partial charge on any atom is 0.272 e. The Hall–Kier alpha value is -3.08. The van der Waals surface area contributed by atoms with E-state index in [4.69, 9.17) is 4.74 Å². The predicted octanol–water partition coefficient (Wildman–Crippen LogP) is 5.96. The largest absolute Gasteiger partial charge is 0.497 e. The van der Waals surface area contributed by atoms with Gasteiger partial charge in [-0.25, -0.2) is 5.01 Å². The molecule has 1 N–H and O–H groups in total. The topological polar surface area (TPSA) is 58.6 Å². The van der Waals surface area contributed by atoms with Crippen LogP contribution in [-0.2, 0) is 0 Å². The average Bonchev–Trinajstić information content (AvgIpc) is 2.75. The first kappa shape index (κ1) is 25.2. The number of amides is 2. The lowest BCUT2D eigenvalue weighted by atomic mass is 9.83. The van der Waals surface area contributed by atoms with Crippen LogP contribution in [-0.4, -0.2) is 30.0 Å². The molecule has 0 aliphatic rings. The number of hydrogen-bond acceptors (Lipinski definition) is 3. The summed E-state index contributed by atoms with van der Waals surface area (Å²) in [5.41, 5.74) is 6.27. The zero-order chi connectivity index (χ0) is 24.1. The Balaban J connectivity index is 2.55. The third-order valence-corrected chi connectivity index (χ3v) is 5.83. The van der Waals surface area contributed by atoms with Gasteiger partial charge in [0, 0.05) is 11.1 Å². The van der Waals surface area contributed by atoms with Crippen LogP contribution in [0.5, 0.6) is 5.75 Å². The van der Waals surface area contributed by atoms with Crippen molar-refractivity contribution in [3.8, 4) is 5.75 Å². The first-order valence-electron chi connectivity index (χ1n) is 11.1. The lowest BCUT2D eigenvalue weighted by Crippen LogP contribution is -2.56. The van der Waals surface area contributed by atoms with Gasteiger partial charge in [0.2, 0.25) is 0 Å². The van der Waals surface area contributed by atoms with Crippen LogP contribution >= 0.6 is 0 Å². The maximum absolute atomic E-state index is 13.8. The number of nitrogens with zero attached hydrogens (tertiary/aromatic N) is 1. The Labute approximate surface area is 192 Å². The second-order valence-corrected chi connectivity index (χ2v) is 9.19. The number of nitrogens with one attached hydrogen (secondary N) is 1. The standard InChI is InChI=1S/C27H36N2O3/c1-9-12-24(27(5,6)7)29(26(31)23-17-21(32-8)16-15-18(23)3)28-25(30)22-14-11-13-20(10-2)19(22)4/h10-11,13-17,24H,2,9,12H2,1,3-8H3,(H,28,30). The van der Waals surface area contributed by atoms with E-state index < -0.39 is 0 Å². The molecule has 5 nitrogen and oxygen atoms in total. The lowest BCUT2D eigenvalue weighted by molar-refractivity contribution is 0.0270. The van der Waals surface area contributed by atoms with Gasteiger partial charge in [0.15, 0.2) is 0 Å². The number of ether oxygens (including phenoxy) is 1. The van der Waals surface area contributed by atoms with Gasteiger partial charge in [-0.05, 0) is 60.6 Å². The molecule has 0 saturated heterocycles. The van der Waals surface area contributed by atoms with Gasteiger partial charge >= 0.3 is 0 Å². The molecular formula is C27H36N2O3. The van der Waals surface area contributed by atoms with E-state index >= 15 is 0 Å². The van der Waals surface area contributed by atoms with Crippen LogP contribution in [0.25, 0.3) is 6.08 Å². The quantitative estimate of drug-likeness (QED) is 0.545. The number of hydrogen-bond donors (Lipinski definition) is 1. The highest BCUT2D eigenvalue weighted by atomic mass is 16.5. The molecule has 0 radical (unpaired) electrons. The van der Waals surface area contributed by atoms with Gasteiger partial charge in [-0.1, -0.05) is 65.0 Å². The van der Waals surface area contributed by atoms with Crippen LogP contribution in [0.3, 0.4) is 0 Å². The first-order chi connectivity index (χ1) is 15.0. The summed E-state index contributed by atoms with van der Waals surface area (Å²) in [6, 6.07) is 10.7. The zero-order valence-electron chi connectivity index (χ0n) is 20.4. The van der Waals surface area contributed by atoms with Gasteiger partial charge in [-0.15, -0.1) is 0 Å². The number of hydrazine groups is 1. The number of methoxy groups -OCH3 is 1. The van der Waals surface area contributed by atoms with Crippen molar-refractivity contribution < 1.29 is 14.3 Å². The molecule has 1 unspecified atom stereocenters. The molecular weight excluding hydrogens is 400 g/mol. The molecule has 1 atom stereocenters. The minimum Gasteiger partial charge on any atom is -0.497 e.